The quantitative estimate of drug-likeness (QED) is 0.479. The van der Waals surface area contributed by atoms with Crippen LogP contribution in [0.4, 0.5) is 5.69 Å². The topological polar surface area (TPSA) is 49.6 Å². The standard InChI is InChI=1S/C25H24N6S/c32-30-13-11-29(12-14-30)20-7-5-18(6-8-20)19-15-27-25-23(16-28-31(25)17-19)21-9-10-26-24-4-2-1-3-22(21)24/h1,3,5-10,15-17,32H,2,4,11-14H2. The number of fused-ring (bicyclic) bond motifs is 2. The Hall–Kier alpha value is -3.16. The molecular formula is C25H24N6S. The number of aromatic nitrogens is 4. The van der Waals surface area contributed by atoms with Gasteiger partial charge in [0.05, 0.1) is 6.20 Å². The van der Waals surface area contributed by atoms with Crippen molar-refractivity contribution < 1.29 is 0 Å². The van der Waals surface area contributed by atoms with Crippen molar-refractivity contribution in [3.05, 3.63) is 72.5 Å². The Kier molecular flexibility index (Phi) is 4.92. The van der Waals surface area contributed by atoms with E-state index < -0.39 is 0 Å². The van der Waals surface area contributed by atoms with Crippen molar-refractivity contribution in [2.24, 2.45) is 0 Å². The molecule has 0 spiro atoms. The molecule has 6 rings (SSSR count). The maximum atomic E-state index is 4.79. The van der Waals surface area contributed by atoms with Gasteiger partial charge in [-0.05, 0) is 42.2 Å². The molecule has 0 saturated carbocycles. The van der Waals surface area contributed by atoms with E-state index in [0.29, 0.717) is 0 Å². The molecule has 0 atom stereocenters. The van der Waals surface area contributed by atoms with Crippen molar-refractivity contribution in [2.75, 3.05) is 31.1 Å². The van der Waals surface area contributed by atoms with Crippen LogP contribution in [0.3, 0.4) is 0 Å². The van der Waals surface area contributed by atoms with Gasteiger partial charge in [-0.25, -0.2) is 13.8 Å². The van der Waals surface area contributed by atoms with Crippen LogP contribution in [0, 0.1) is 0 Å². The second-order valence-electron chi connectivity index (χ2n) is 8.32. The minimum atomic E-state index is 0.863. The van der Waals surface area contributed by atoms with Gasteiger partial charge in [-0.15, -0.1) is 0 Å². The Balaban J connectivity index is 1.31. The molecular weight excluding hydrogens is 416 g/mol. The molecule has 1 fully saturated rings. The van der Waals surface area contributed by atoms with Crippen LogP contribution in [-0.2, 0) is 6.42 Å². The first-order valence-corrected chi connectivity index (χ1v) is 11.4. The van der Waals surface area contributed by atoms with Crippen LogP contribution in [0.2, 0.25) is 0 Å². The van der Waals surface area contributed by atoms with Gasteiger partial charge >= 0.3 is 0 Å². The molecule has 6 nitrogen and oxygen atoms in total. The lowest BCUT2D eigenvalue weighted by Gasteiger charge is -2.33. The summed E-state index contributed by atoms with van der Waals surface area (Å²) in [4.78, 5) is 11.8. The fourth-order valence-corrected chi connectivity index (χ4v) is 4.77. The number of aryl methyl sites for hydroxylation is 1. The molecule has 1 aliphatic carbocycles. The largest absolute Gasteiger partial charge is 0.369 e. The van der Waals surface area contributed by atoms with Gasteiger partial charge < -0.3 is 4.90 Å². The molecule has 160 valence electrons. The first kappa shape index (κ1) is 19.5. The predicted molar refractivity (Wildman–Crippen MR) is 132 cm³/mol. The minimum Gasteiger partial charge on any atom is -0.369 e. The highest BCUT2D eigenvalue weighted by Crippen LogP contribution is 2.32. The number of piperazine rings is 1. The number of thiol groups is 1. The van der Waals surface area contributed by atoms with Crippen LogP contribution in [0.1, 0.15) is 17.7 Å². The van der Waals surface area contributed by atoms with E-state index in [-0.39, 0.29) is 0 Å². The van der Waals surface area contributed by atoms with E-state index in [1.54, 1.807) is 0 Å². The van der Waals surface area contributed by atoms with Crippen LogP contribution >= 0.6 is 12.8 Å². The monoisotopic (exact) mass is 440 g/mol. The van der Waals surface area contributed by atoms with Crippen LogP contribution in [0.15, 0.2) is 61.2 Å². The smallest absolute Gasteiger partial charge is 0.162 e. The molecule has 3 aromatic heterocycles. The highest BCUT2D eigenvalue weighted by atomic mass is 32.1. The number of benzene rings is 1. The van der Waals surface area contributed by atoms with Gasteiger partial charge in [-0.1, -0.05) is 37.1 Å². The fraction of sp³-hybridized carbons (Fsp3) is 0.240. The van der Waals surface area contributed by atoms with E-state index >= 15 is 0 Å². The molecule has 0 amide bonds. The van der Waals surface area contributed by atoms with Gasteiger partial charge in [0.15, 0.2) is 5.65 Å². The molecule has 1 saturated heterocycles. The van der Waals surface area contributed by atoms with Crippen LogP contribution < -0.4 is 4.90 Å². The Bertz CT molecular complexity index is 1300. The maximum absolute atomic E-state index is 4.79. The fourth-order valence-electron chi connectivity index (χ4n) is 4.59. The average molecular weight is 441 g/mol. The highest BCUT2D eigenvalue weighted by Gasteiger charge is 2.17. The molecule has 0 N–H and O–H groups in total. The second kappa shape index (κ2) is 8.07. The SMILES string of the molecule is SN1CCN(c2ccc(-c3cnc4c(-c5ccnc6c5C=CCC6)cnn4c3)cc2)CC1. The summed E-state index contributed by atoms with van der Waals surface area (Å²) in [6.07, 6.45) is 14.2. The summed E-state index contributed by atoms with van der Waals surface area (Å²) < 4.78 is 3.95. The Labute approximate surface area is 192 Å². The lowest BCUT2D eigenvalue weighted by molar-refractivity contribution is 0.434. The summed E-state index contributed by atoms with van der Waals surface area (Å²) in [5.74, 6) is 0. The number of anilines is 1. The number of hydrogen-bond acceptors (Lipinski definition) is 6. The van der Waals surface area contributed by atoms with Gasteiger partial charge in [0.2, 0.25) is 0 Å². The third-order valence-corrected chi connectivity index (χ3v) is 6.77. The molecule has 2 aliphatic rings. The van der Waals surface area contributed by atoms with Crippen molar-refractivity contribution in [3.63, 3.8) is 0 Å². The normalized spacial score (nSPS) is 16.5. The Morgan fingerprint density at radius 1 is 0.844 bits per heavy atom. The van der Waals surface area contributed by atoms with Crippen molar-refractivity contribution in [1.29, 1.82) is 0 Å². The van der Waals surface area contributed by atoms with Crippen molar-refractivity contribution in [1.82, 2.24) is 23.9 Å². The minimum absolute atomic E-state index is 0.863. The Morgan fingerprint density at radius 3 is 2.53 bits per heavy atom. The Morgan fingerprint density at radius 2 is 1.69 bits per heavy atom. The molecule has 32 heavy (non-hydrogen) atoms. The van der Waals surface area contributed by atoms with E-state index in [1.807, 2.05) is 23.1 Å². The van der Waals surface area contributed by atoms with E-state index in [4.69, 9.17) is 4.98 Å². The molecule has 0 bridgehead atoms. The van der Waals surface area contributed by atoms with E-state index in [2.05, 4.69) is 80.8 Å². The van der Waals surface area contributed by atoms with Gasteiger partial charge in [-0.3, -0.25) is 4.98 Å². The van der Waals surface area contributed by atoms with Gasteiger partial charge in [0.1, 0.15) is 0 Å². The highest BCUT2D eigenvalue weighted by molar-refractivity contribution is 7.77. The number of nitrogens with zero attached hydrogens (tertiary/aromatic N) is 6. The molecule has 0 unspecified atom stereocenters. The van der Waals surface area contributed by atoms with Gasteiger partial charge in [0, 0.05) is 72.8 Å². The van der Waals surface area contributed by atoms with Crippen LogP contribution in [0.5, 0.6) is 0 Å². The zero-order valence-corrected chi connectivity index (χ0v) is 18.6. The number of hydrogen-bond donors (Lipinski definition) is 1. The molecule has 4 heterocycles. The first-order chi connectivity index (χ1) is 15.8. The summed E-state index contributed by atoms with van der Waals surface area (Å²) in [5, 5.41) is 4.62. The summed E-state index contributed by atoms with van der Waals surface area (Å²) in [6, 6.07) is 10.8. The van der Waals surface area contributed by atoms with Crippen molar-refractivity contribution in [3.8, 4) is 22.3 Å². The molecule has 1 aromatic carbocycles. The van der Waals surface area contributed by atoms with Crippen LogP contribution in [-0.4, -0.2) is 50.1 Å². The number of rotatable bonds is 3. The lowest BCUT2D eigenvalue weighted by Crippen LogP contribution is -2.42. The third-order valence-electron chi connectivity index (χ3n) is 6.37. The summed E-state index contributed by atoms with van der Waals surface area (Å²) in [7, 11) is 0. The van der Waals surface area contributed by atoms with Gasteiger partial charge in [-0.2, -0.15) is 5.10 Å². The lowest BCUT2D eigenvalue weighted by atomic mass is 9.95. The molecule has 0 radical (unpaired) electrons. The van der Waals surface area contributed by atoms with Crippen molar-refractivity contribution >= 4 is 30.2 Å². The zero-order valence-electron chi connectivity index (χ0n) is 17.7. The van der Waals surface area contributed by atoms with Crippen LogP contribution in [0.25, 0.3) is 34.0 Å². The third kappa shape index (κ3) is 3.47. The molecule has 1 aliphatic heterocycles. The summed E-state index contributed by atoms with van der Waals surface area (Å²) >= 11 is 4.44. The number of pyridine rings is 1. The van der Waals surface area contributed by atoms with Gasteiger partial charge in [0.25, 0.3) is 0 Å². The number of allylic oxidation sites excluding steroid dienone is 1. The molecule has 4 aromatic rings. The predicted octanol–water partition coefficient (Wildman–Crippen LogP) is 4.38. The first-order valence-electron chi connectivity index (χ1n) is 11.0. The van der Waals surface area contributed by atoms with E-state index in [1.165, 1.54) is 11.3 Å². The molecule has 7 heteroatoms. The summed E-state index contributed by atoms with van der Waals surface area (Å²) in [6.45, 7) is 3.95. The van der Waals surface area contributed by atoms with E-state index in [0.717, 1.165) is 72.6 Å². The zero-order chi connectivity index (χ0) is 21.5. The van der Waals surface area contributed by atoms with E-state index in [9.17, 15) is 0 Å². The average Bonchev–Trinajstić information content (AvgIpc) is 3.27. The van der Waals surface area contributed by atoms with Crippen molar-refractivity contribution in [2.45, 2.75) is 12.8 Å². The summed E-state index contributed by atoms with van der Waals surface area (Å²) in [5.41, 5.74) is 8.83. The maximum Gasteiger partial charge on any atom is 0.162 e. The second-order valence-corrected chi connectivity index (χ2v) is 8.88.